The van der Waals surface area contributed by atoms with Crippen LogP contribution in [0.15, 0.2) is 82.5 Å². The van der Waals surface area contributed by atoms with E-state index in [1.165, 1.54) is 22.9 Å². The molecule has 0 spiro atoms. The molecule has 0 saturated carbocycles. The molecule has 10 nitrogen and oxygen atoms in total. The van der Waals surface area contributed by atoms with E-state index >= 15 is 0 Å². The fraction of sp³-hybridized carbons (Fsp3) is 0.207. The summed E-state index contributed by atoms with van der Waals surface area (Å²) in [5.74, 6) is 4.68. The van der Waals surface area contributed by atoms with Crippen molar-refractivity contribution in [3.63, 3.8) is 0 Å². The zero-order valence-corrected chi connectivity index (χ0v) is 26.8. The van der Waals surface area contributed by atoms with Crippen LogP contribution in [0, 0.1) is 32.1 Å². The van der Waals surface area contributed by atoms with Gasteiger partial charge in [0, 0.05) is 5.56 Å². The molecule has 3 aromatic carbocycles. The molecule has 43 heavy (non-hydrogen) atoms. The predicted molar refractivity (Wildman–Crippen MR) is 173 cm³/mol. The van der Waals surface area contributed by atoms with Crippen molar-refractivity contribution in [3.05, 3.63) is 107 Å². The number of carbonyl (C=O) groups is 1. The van der Waals surface area contributed by atoms with Gasteiger partial charge in [-0.2, -0.15) is 10.2 Å². The monoisotopic (exact) mass is 670 g/mol. The van der Waals surface area contributed by atoms with Crippen LogP contribution in [-0.2, 0) is 10.7 Å². The van der Waals surface area contributed by atoms with Crippen molar-refractivity contribution >= 4 is 58.7 Å². The second kappa shape index (κ2) is 25.0. The van der Waals surface area contributed by atoms with E-state index in [2.05, 4.69) is 27.3 Å². The molecular formula is C29H34Cl4N6O4. The van der Waals surface area contributed by atoms with E-state index in [9.17, 15) is 4.79 Å². The summed E-state index contributed by atoms with van der Waals surface area (Å²) in [6.45, 7) is 6.04. The summed E-state index contributed by atoms with van der Waals surface area (Å²) in [5.41, 5.74) is 11.8. The van der Waals surface area contributed by atoms with Gasteiger partial charge in [0.05, 0.1) is 29.8 Å². The van der Waals surface area contributed by atoms with E-state index in [0.717, 1.165) is 16.7 Å². The number of carbonyl (C=O) groups excluding carboxylic acids is 1. The van der Waals surface area contributed by atoms with Crippen LogP contribution in [0.3, 0.4) is 0 Å². The minimum atomic E-state index is -0.508. The molecule has 14 heteroatoms. The van der Waals surface area contributed by atoms with Crippen molar-refractivity contribution in [2.24, 2.45) is 16.8 Å². The second-order valence-corrected chi connectivity index (χ2v) is 9.14. The van der Waals surface area contributed by atoms with Gasteiger partial charge in [-0.1, -0.05) is 82.5 Å². The highest BCUT2D eigenvalue weighted by Crippen LogP contribution is 2.16. The first kappa shape index (κ1) is 41.6. The minimum absolute atomic E-state index is 0. The van der Waals surface area contributed by atoms with Crippen molar-refractivity contribution in [3.8, 4) is 17.5 Å². The van der Waals surface area contributed by atoms with Gasteiger partial charge in [-0.3, -0.25) is 4.79 Å². The summed E-state index contributed by atoms with van der Waals surface area (Å²) in [6.07, 6.45) is 1.30. The molecule has 0 fully saturated rings. The van der Waals surface area contributed by atoms with E-state index in [4.69, 9.17) is 60.7 Å². The number of nitriles is 1. The third-order valence-corrected chi connectivity index (χ3v) is 5.61. The molecule has 0 aliphatic heterocycles. The van der Waals surface area contributed by atoms with Gasteiger partial charge >= 0.3 is 0 Å². The van der Waals surface area contributed by atoms with Crippen molar-refractivity contribution in [2.75, 3.05) is 5.88 Å². The Kier molecular flexibility index (Phi) is 24.2. The number of nitrogens with zero attached hydrogens (tertiary/aromatic N) is 4. The number of hydrogen-bond donors (Lipinski definition) is 4. The molecule has 4 rings (SSSR count). The predicted octanol–water partition coefficient (Wildman–Crippen LogP) is 6.85. The zero-order chi connectivity index (χ0) is 31.9. The zero-order valence-electron chi connectivity index (χ0n) is 23.7. The molecule has 232 valence electrons. The fourth-order valence-corrected chi connectivity index (χ4v) is 2.81. The van der Waals surface area contributed by atoms with Crippen molar-refractivity contribution in [2.45, 2.75) is 32.7 Å². The number of alkyl halides is 2. The van der Waals surface area contributed by atoms with Crippen LogP contribution in [-0.4, -0.2) is 37.9 Å². The Labute approximate surface area is 272 Å². The normalized spacial score (nSPS) is 9.95. The maximum atomic E-state index is 9.45. The highest BCUT2D eigenvalue weighted by molar-refractivity contribution is 6.67. The molecule has 0 bridgehead atoms. The summed E-state index contributed by atoms with van der Waals surface area (Å²) in [5, 5.41) is 29.3. The first-order valence-electron chi connectivity index (χ1n) is 12.1. The number of aromatic nitrogens is 2. The first-order chi connectivity index (χ1) is 20.1. The van der Waals surface area contributed by atoms with E-state index in [1.807, 2.05) is 93.6 Å². The largest absolute Gasteiger partial charge is 0.411 e. The number of halogens is 4. The quantitative estimate of drug-likeness (QED) is 0.0579. The molecule has 0 radical (unpaired) electrons. The van der Waals surface area contributed by atoms with Gasteiger partial charge in [-0.15, -0.1) is 40.8 Å². The average molecular weight is 672 g/mol. The third-order valence-electron chi connectivity index (χ3n) is 4.87. The molecule has 0 aliphatic rings. The first-order valence-corrected chi connectivity index (χ1v) is 13.5. The molecule has 0 aliphatic carbocycles. The molecule has 6 N–H and O–H groups in total. The molecule has 1 atom stereocenters. The highest BCUT2D eigenvalue weighted by Gasteiger charge is 2.06. The van der Waals surface area contributed by atoms with Gasteiger partial charge in [-0.05, 0) is 50.1 Å². The van der Waals surface area contributed by atoms with Gasteiger partial charge in [0.15, 0.2) is 0 Å². The van der Waals surface area contributed by atoms with E-state index in [0.29, 0.717) is 11.7 Å². The van der Waals surface area contributed by atoms with Crippen molar-refractivity contribution < 1.29 is 19.7 Å². The molecule has 1 unspecified atom stereocenters. The molecule has 0 amide bonds. The molecular weight excluding hydrogens is 638 g/mol. The maximum Gasteiger partial charge on any atom is 0.241 e. The Hall–Kier alpha value is -3.53. The van der Waals surface area contributed by atoms with Gasteiger partial charge in [0.25, 0.3) is 0 Å². The van der Waals surface area contributed by atoms with Crippen LogP contribution in [0.2, 0.25) is 0 Å². The van der Waals surface area contributed by atoms with Crippen LogP contribution in [0.5, 0.6) is 0 Å². The van der Waals surface area contributed by atoms with Gasteiger partial charge < -0.3 is 20.7 Å². The van der Waals surface area contributed by atoms with Crippen LogP contribution in [0.4, 0.5) is 0 Å². The van der Waals surface area contributed by atoms with Gasteiger partial charge in [0.1, 0.15) is 5.88 Å². The summed E-state index contributed by atoms with van der Waals surface area (Å²) in [4.78, 5) is 13.6. The molecule has 1 aromatic heterocycles. The summed E-state index contributed by atoms with van der Waals surface area (Å²) < 4.78 is 4.91. The Morgan fingerprint density at radius 1 is 0.977 bits per heavy atom. The lowest BCUT2D eigenvalue weighted by molar-refractivity contribution is -0.109. The summed E-state index contributed by atoms with van der Waals surface area (Å²) in [7, 11) is 0. The molecule has 0 saturated heterocycles. The Morgan fingerprint density at radius 3 is 1.79 bits per heavy atom. The second-order valence-electron chi connectivity index (χ2n) is 8.18. The lowest BCUT2D eigenvalue weighted by Crippen LogP contribution is -2.11. The fourth-order valence-electron chi connectivity index (χ4n) is 2.70. The van der Waals surface area contributed by atoms with Crippen molar-refractivity contribution in [1.82, 2.24) is 10.1 Å². The van der Waals surface area contributed by atoms with Gasteiger partial charge in [-0.25, -0.2) is 5.90 Å². The number of rotatable bonds is 5. The van der Waals surface area contributed by atoms with Gasteiger partial charge in [0.2, 0.25) is 17.0 Å². The number of benzene rings is 3. The Balaban J connectivity index is 0. The van der Waals surface area contributed by atoms with E-state index in [-0.39, 0.29) is 30.2 Å². The Bertz CT molecular complexity index is 1360. The van der Waals surface area contributed by atoms with E-state index in [1.54, 1.807) is 0 Å². The number of oxime groups is 1. The smallest absolute Gasteiger partial charge is 0.241 e. The minimum Gasteiger partial charge on any atom is -0.411 e. The summed E-state index contributed by atoms with van der Waals surface area (Å²) in [6, 6.07) is 24.9. The number of hydrogen-bond acceptors (Lipinski definition) is 10. The average Bonchev–Trinajstić information content (AvgIpc) is 3.50. The highest BCUT2D eigenvalue weighted by atomic mass is 35.5. The third kappa shape index (κ3) is 18.6. The van der Waals surface area contributed by atoms with E-state index < -0.39 is 5.24 Å². The lowest BCUT2D eigenvalue weighted by Gasteiger charge is -2.04. The molecule has 1 heterocycles. The lowest BCUT2D eigenvalue weighted by atomic mass is 10.1. The van der Waals surface area contributed by atoms with Crippen molar-refractivity contribution in [1.29, 1.82) is 5.26 Å². The number of nitrogens with two attached hydrogens (primary N) is 2. The van der Waals surface area contributed by atoms with Crippen LogP contribution < -0.4 is 11.6 Å². The summed E-state index contributed by atoms with van der Waals surface area (Å²) >= 11 is 15.1. The van der Waals surface area contributed by atoms with Crippen LogP contribution >= 0.6 is 47.2 Å². The number of aryl methyl sites for hydroxylation is 3. The van der Waals surface area contributed by atoms with Crippen LogP contribution in [0.25, 0.3) is 11.4 Å². The maximum absolute atomic E-state index is 9.45. The van der Waals surface area contributed by atoms with Crippen LogP contribution in [0.1, 0.15) is 39.7 Å². The topological polar surface area (TPSA) is 185 Å². The standard InChI is InChI=1S/C10H9ClN2O.C9H12N2O.C8H7N.C2H2Cl2O.ClH.H3NO/c1-7-2-4-8(5-3-7)10-12-9(6-11)14-13-10;1-7-2-4-8(5-3-7)9(10)6-11-12;1-7-2-4-8(6-9)5-3-7;3-1-2(4)5;;1-2/h2-5H,6H2,1H3;2-6,9,12H,10H2,1H3;2-5H,1H3;1H2;1H;2H,1H2/b;11-6+;;;;. The molecule has 4 aromatic rings. The SMILES string of the molecule is Cc1ccc(-c2noc(CCl)n2)cc1.Cc1ccc(C#N)cc1.Cc1ccc(C(N)/C=N/O)cc1.Cl.NO.O=C(Cl)CCl. The Morgan fingerprint density at radius 2 is 1.42 bits per heavy atom.